The minimum Gasteiger partial charge on any atom is -0.379 e. The molecule has 0 fully saturated rings. The van der Waals surface area contributed by atoms with Gasteiger partial charge in [0.05, 0.1) is 5.56 Å². The average molecular weight is 264 g/mol. The molecule has 0 saturated carbocycles. The molecule has 0 heterocycles. The van der Waals surface area contributed by atoms with Crippen LogP contribution in [0.15, 0.2) is 24.3 Å². The Kier molecular flexibility index (Phi) is 4.94. The molecular weight excluding hydrogens is 249 g/mol. The molecule has 7 heteroatoms. The molecular formula is C11H15F3N2O2. The molecule has 4 N–H and O–H groups in total. The third kappa shape index (κ3) is 4.91. The van der Waals surface area contributed by atoms with E-state index in [4.69, 9.17) is 5.11 Å². The van der Waals surface area contributed by atoms with Crippen molar-refractivity contribution in [1.82, 2.24) is 5.32 Å². The van der Waals surface area contributed by atoms with E-state index < -0.39 is 24.2 Å². The Morgan fingerprint density at radius 2 is 1.94 bits per heavy atom. The lowest BCUT2D eigenvalue weighted by Crippen LogP contribution is -2.37. The van der Waals surface area contributed by atoms with E-state index in [0.717, 1.165) is 12.1 Å². The summed E-state index contributed by atoms with van der Waals surface area (Å²) in [5.41, 5.74) is -0.632. The molecule has 102 valence electrons. The molecule has 0 amide bonds. The summed E-state index contributed by atoms with van der Waals surface area (Å²) in [6.07, 6.45) is -6.31. The van der Waals surface area contributed by atoms with Gasteiger partial charge in [0.25, 0.3) is 0 Å². The van der Waals surface area contributed by atoms with Crippen LogP contribution in [0.3, 0.4) is 0 Å². The number of halogens is 3. The fraction of sp³-hybridized carbons (Fsp3) is 0.455. The van der Waals surface area contributed by atoms with Crippen LogP contribution in [-0.2, 0) is 6.18 Å². The van der Waals surface area contributed by atoms with Gasteiger partial charge in [-0.05, 0) is 25.1 Å². The fourth-order valence-corrected chi connectivity index (χ4v) is 1.31. The largest absolute Gasteiger partial charge is 0.416 e. The quantitative estimate of drug-likeness (QED) is 0.606. The average Bonchev–Trinajstić information content (AvgIpc) is 2.25. The third-order valence-electron chi connectivity index (χ3n) is 2.13. The number of nitrogens with one attached hydrogen (secondary N) is 2. The molecule has 1 rings (SSSR count). The van der Waals surface area contributed by atoms with Crippen LogP contribution in [0.2, 0.25) is 0 Å². The van der Waals surface area contributed by atoms with Gasteiger partial charge in [0.2, 0.25) is 0 Å². The molecule has 1 aromatic rings. The highest BCUT2D eigenvalue weighted by Crippen LogP contribution is 2.30. The number of hydrogen-bond acceptors (Lipinski definition) is 4. The van der Waals surface area contributed by atoms with Crippen LogP contribution in [0, 0.1) is 0 Å². The first-order chi connectivity index (χ1) is 8.29. The van der Waals surface area contributed by atoms with Gasteiger partial charge in [-0.25, -0.2) is 0 Å². The highest BCUT2D eigenvalue weighted by atomic mass is 19.4. The zero-order chi connectivity index (χ0) is 13.8. The number of rotatable bonds is 5. The van der Waals surface area contributed by atoms with Crippen molar-refractivity contribution in [2.75, 3.05) is 11.9 Å². The van der Waals surface area contributed by atoms with E-state index in [1.807, 2.05) is 0 Å². The predicted molar refractivity (Wildman–Crippen MR) is 60.8 cm³/mol. The van der Waals surface area contributed by atoms with Crippen molar-refractivity contribution in [3.05, 3.63) is 29.8 Å². The van der Waals surface area contributed by atoms with Gasteiger partial charge >= 0.3 is 6.18 Å². The Morgan fingerprint density at radius 3 is 2.50 bits per heavy atom. The molecule has 18 heavy (non-hydrogen) atoms. The van der Waals surface area contributed by atoms with E-state index >= 15 is 0 Å². The van der Waals surface area contributed by atoms with Crippen LogP contribution >= 0.6 is 0 Å². The maximum Gasteiger partial charge on any atom is 0.416 e. The maximum absolute atomic E-state index is 12.4. The Bertz CT molecular complexity index is 383. The van der Waals surface area contributed by atoms with Crippen LogP contribution in [0.25, 0.3) is 0 Å². The Balaban J connectivity index is 2.62. The van der Waals surface area contributed by atoms with Gasteiger partial charge in [-0.2, -0.15) is 13.2 Å². The second-order valence-electron chi connectivity index (χ2n) is 3.82. The topological polar surface area (TPSA) is 64.5 Å². The monoisotopic (exact) mass is 264 g/mol. The molecule has 4 nitrogen and oxygen atoms in total. The minimum atomic E-state index is -4.42. The van der Waals surface area contributed by atoms with E-state index in [-0.39, 0.29) is 12.2 Å². The highest BCUT2D eigenvalue weighted by molar-refractivity contribution is 5.46. The third-order valence-corrected chi connectivity index (χ3v) is 2.13. The molecule has 0 bridgehead atoms. The van der Waals surface area contributed by atoms with Gasteiger partial charge in [0.15, 0.2) is 0 Å². The maximum atomic E-state index is 12.4. The molecule has 2 atom stereocenters. The van der Waals surface area contributed by atoms with Crippen molar-refractivity contribution >= 4 is 5.69 Å². The van der Waals surface area contributed by atoms with Gasteiger partial charge in [-0.15, -0.1) is 0 Å². The van der Waals surface area contributed by atoms with Crippen molar-refractivity contribution in [3.63, 3.8) is 0 Å². The fourth-order valence-electron chi connectivity index (χ4n) is 1.31. The van der Waals surface area contributed by atoms with Crippen molar-refractivity contribution in [3.8, 4) is 0 Å². The Labute approximate surface area is 102 Å². The molecule has 0 aliphatic rings. The van der Waals surface area contributed by atoms with Crippen molar-refractivity contribution in [1.29, 1.82) is 0 Å². The molecule has 0 radical (unpaired) electrons. The normalized spacial score (nSPS) is 15.2. The lowest BCUT2D eigenvalue weighted by molar-refractivity contribution is -0.137. The van der Waals surface area contributed by atoms with Gasteiger partial charge in [0, 0.05) is 12.2 Å². The molecule has 2 unspecified atom stereocenters. The Hall–Kier alpha value is -1.31. The minimum absolute atomic E-state index is 0.00785. The molecule has 0 spiro atoms. The number of alkyl halides is 3. The molecule has 0 aromatic heterocycles. The van der Waals surface area contributed by atoms with E-state index in [1.165, 1.54) is 19.1 Å². The van der Waals surface area contributed by atoms with Gasteiger partial charge in [0.1, 0.15) is 12.5 Å². The van der Waals surface area contributed by atoms with Gasteiger partial charge < -0.3 is 15.5 Å². The summed E-state index contributed by atoms with van der Waals surface area (Å²) in [5, 5.41) is 23.4. The number of aliphatic hydroxyl groups excluding tert-OH is 2. The molecule has 0 aliphatic heterocycles. The summed E-state index contributed by atoms with van der Waals surface area (Å²) < 4.78 is 37.3. The summed E-state index contributed by atoms with van der Waals surface area (Å²) in [5.74, 6) is 0. The van der Waals surface area contributed by atoms with Crippen LogP contribution < -0.4 is 10.6 Å². The molecule has 0 aliphatic carbocycles. The van der Waals surface area contributed by atoms with Crippen LogP contribution in [0.1, 0.15) is 12.5 Å². The highest BCUT2D eigenvalue weighted by Gasteiger charge is 2.30. The lowest BCUT2D eigenvalue weighted by Gasteiger charge is -2.17. The predicted octanol–water partition coefficient (Wildman–Crippen LogP) is 1.36. The first-order valence-corrected chi connectivity index (χ1v) is 5.32. The SMILES string of the molecule is CC(O)NCC(O)Nc1cccc(C(F)(F)F)c1. The number of benzene rings is 1. The summed E-state index contributed by atoms with van der Waals surface area (Å²) >= 11 is 0. The van der Waals surface area contributed by atoms with Crippen LogP contribution in [0.5, 0.6) is 0 Å². The van der Waals surface area contributed by atoms with E-state index in [2.05, 4.69) is 10.6 Å². The number of anilines is 1. The summed E-state index contributed by atoms with van der Waals surface area (Å²) in [6, 6.07) is 4.53. The van der Waals surface area contributed by atoms with Gasteiger partial charge in [-0.3, -0.25) is 5.32 Å². The van der Waals surface area contributed by atoms with E-state index in [9.17, 15) is 18.3 Å². The van der Waals surface area contributed by atoms with E-state index in [0.29, 0.717) is 0 Å². The first kappa shape index (κ1) is 14.7. The summed E-state index contributed by atoms with van der Waals surface area (Å²) in [6.45, 7) is 1.48. The number of aliphatic hydroxyl groups is 2. The number of hydrogen-bond donors (Lipinski definition) is 4. The zero-order valence-electron chi connectivity index (χ0n) is 9.70. The second kappa shape index (κ2) is 6.03. The smallest absolute Gasteiger partial charge is 0.379 e. The summed E-state index contributed by atoms with van der Waals surface area (Å²) in [4.78, 5) is 0. The van der Waals surface area contributed by atoms with Crippen molar-refractivity contribution in [2.45, 2.75) is 25.6 Å². The molecule has 0 saturated heterocycles. The van der Waals surface area contributed by atoms with Crippen molar-refractivity contribution in [2.24, 2.45) is 0 Å². The zero-order valence-corrected chi connectivity index (χ0v) is 9.70. The van der Waals surface area contributed by atoms with Crippen LogP contribution in [0.4, 0.5) is 18.9 Å². The summed E-state index contributed by atoms with van der Waals surface area (Å²) in [7, 11) is 0. The first-order valence-electron chi connectivity index (χ1n) is 5.32. The standard InChI is InChI=1S/C11H15F3N2O2/c1-7(17)15-6-10(18)16-9-4-2-3-8(5-9)11(12,13)14/h2-5,7,10,15-18H,6H2,1H3. The van der Waals surface area contributed by atoms with Crippen molar-refractivity contribution < 1.29 is 23.4 Å². The second-order valence-corrected chi connectivity index (χ2v) is 3.82. The van der Waals surface area contributed by atoms with Gasteiger partial charge in [-0.1, -0.05) is 6.07 Å². The Morgan fingerprint density at radius 1 is 1.28 bits per heavy atom. The lowest BCUT2D eigenvalue weighted by atomic mass is 10.2. The molecule has 1 aromatic carbocycles. The van der Waals surface area contributed by atoms with Crippen LogP contribution in [-0.4, -0.2) is 29.2 Å². The van der Waals surface area contributed by atoms with E-state index in [1.54, 1.807) is 0 Å².